The van der Waals surface area contributed by atoms with Crippen molar-refractivity contribution in [2.75, 3.05) is 0 Å². The third-order valence-electron chi connectivity index (χ3n) is 5.78. The van der Waals surface area contributed by atoms with Crippen LogP contribution >= 0.6 is 0 Å². The quantitative estimate of drug-likeness (QED) is 0.193. The summed E-state index contributed by atoms with van der Waals surface area (Å²) in [6, 6.07) is 13.1. The van der Waals surface area contributed by atoms with Crippen LogP contribution in [0.1, 0.15) is 41.4 Å². The minimum Gasteiger partial charge on any atom is -0.545 e. The summed E-state index contributed by atoms with van der Waals surface area (Å²) < 4.78 is 0. The molecule has 5 rings (SSSR count). The van der Waals surface area contributed by atoms with E-state index in [2.05, 4.69) is 0 Å². The number of carboxylic acids is 4. The van der Waals surface area contributed by atoms with Crippen LogP contribution in [0, 0.1) is 0 Å². The molecule has 0 aromatic heterocycles. The molecule has 0 aliphatic rings. The summed E-state index contributed by atoms with van der Waals surface area (Å²) in [5, 5.41) is 44.1. The average Bonchev–Trinajstić information content (AvgIpc) is 2.75. The number of carboxylic acid groups (broad SMARTS) is 4. The fourth-order valence-corrected chi connectivity index (χ4v) is 4.70. The molecule has 0 aliphatic heterocycles. The number of fused-ring (bicyclic) bond motifs is 2. The second-order valence-corrected chi connectivity index (χ2v) is 7.32. The van der Waals surface area contributed by atoms with Crippen LogP contribution in [0.4, 0.5) is 0 Å². The molecule has 0 atom stereocenters. The number of carbonyl (C=O) groups is 4. The van der Waals surface area contributed by atoms with Crippen molar-refractivity contribution in [2.45, 2.75) is 0 Å². The number of hydrogen-bond donors (Lipinski definition) is 3. The van der Waals surface area contributed by atoms with Crippen molar-refractivity contribution in [3.8, 4) is 0 Å². The Bertz CT molecular complexity index is 1680. The summed E-state index contributed by atoms with van der Waals surface area (Å²) in [4.78, 5) is 48.5. The van der Waals surface area contributed by atoms with Crippen molar-refractivity contribution in [1.29, 1.82) is 0 Å². The van der Waals surface area contributed by atoms with Crippen LogP contribution in [0.2, 0.25) is 0 Å². The zero-order valence-electron chi connectivity index (χ0n) is 17.0. The molecule has 0 unspecified atom stereocenters. The first-order valence-electron chi connectivity index (χ1n) is 9.34. The van der Waals surface area contributed by atoms with E-state index in [1.807, 2.05) is 0 Å². The minimum atomic E-state index is -1.87. The first-order valence-corrected chi connectivity index (χ1v) is 9.34. The van der Waals surface area contributed by atoms with Gasteiger partial charge in [-0.05, 0) is 38.4 Å². The van der Waals surface area contributed by atoms with Gasteiger partial charge in [-0.25, -0.2) is 14.4 Å². The summed E-state index contributed by atoms with van der Waals surface area (Å²) >= 11 is 0. The van der Waals surface area contributed by atoms with Crippen LogP contribution in [0.3, 0.4) is 0 Å². The van der Waals surface area contributed by atoms with E-state index >= 15 is 0 Å². The summed E-state index contributed by atoms with van der Waals surface area (Å²) in [7, 11) is 0. The van der Waals surface area contributed by atoms with E-state index in [0.717, 1.165) is 5.39 Å². The van der Waals surface area contributed by atoms with Gasteiger partial charge in [0.2, 0.25) is 0 Å². The summed E-state index contributed by atoms with van der Waals surface area (Å²) in [6.45, 7) is 0. The van der Waals surface area contributed by atoms with Gasteiger partial charge in [0.25, 0.3) is 0 Å². The largest absolute Gasteiger partial charge is 1.00 e. The van der Waals surface area contributed by atoms with Crippen LogP contribution in [0.25, 0.3) is 43.1 Å². The van der Waals surface area contributed by atoms with E-state index in [1.54, 1.807) is 36.4 Å². The molecular weight excluding hydrogens is 455 g/mol. The van der Waals surface area contributed by atoms with E-state index in [-0.39, 0.29) is 67.5 Å². The van der Waals surface area contributed by atoms with Gasteiger partial charge in [0, 0.05) is 16.3 Å². The average molecular weight is 466 g/mol. The van der Waals surface area contributed by atoms with Crippen molar-refractivity contribution in [1.82, 2.24) is 0 Å². The number of benzene rings is 5. The maximum absolute atomic E-state index is 12.2. The van der Waals surface area contributed by atoms with Crippen molar-refractivity contribution >= 4 is 67.0 Å². The van der Waals surface area contributed by atoms with E-state index in [1.165, 1.54) is 12.1 Å². The van der Waals surface area contributed by atoms with Crippen molar-refractivity contribution in [3.63, 3.8) is 0 Å². The van der Waals surface area contributed by atoms with Gasteiger partial charge < -0.3 is 25.2 Å². The molecule has 0 aliphatic carbocycles. The van der Waals surface area contributed by atoms with E-state index in [9.17, 15) is 39.6 Å². The van der Waals surface area contributed by atoms with E-state index < -0.39 is 46.1 Å². The molecular formula is C24H11KO8. The Balaban J connectivity index is 0.00000259. The first-order chi connectivity index (χ1) is 15.2. The molecule has 9 heteroatoms. The molecule has 33 heavy (non-hydrogen) atoms. The summed E-state index contributed by atoms with van der Waals surface area (Å²) in [6.07, 6.45) is 0. The van der Waals surface area contributed by atoms with Gasteiger partial charge in [-0.15, -0.1) is 0 Å². The maximum atomic E-state index is 12.2. The molecule has 0 radical (unpaired) electrons. The van der Waals surface area contributed by atoms with Gasteiger partial charge in [0.15, 0.2) is 0 Å². The van der Waals surface area contributed by atoms with Crippen LogP contribution in [-0.4, -0.2) is 39.2 Å². The second kappa shape index (κ2) is 8.05. The molecule has 0 saturated heterocycles. The van der Waals surface area contributed by atoms with Gasteiger partial charge in [-0.3, -0.25) is 0 Å². The third-order valence-corrected chi connectivity index (χ3v) is 5.78. The smallest absolute Gasteiger partial charge is 0.545 e. The van der Waals surface area contributed by atoms with Crippen molar-refractivity contribution in [2.24, 2.45) is 0 Å². The molecule has 0 fully saturated rings. The molecule has 5 aromatic rings. The third kappa shape index (κ3) is 3.12. The van der Waals surface area contributed by atoms with Crippen LogP contribution in [0.5, 0.6) is 0 Å². The monoisotopic (exact) mass is 466 g/mol. The fourth-order valence-electron chi connectivity index (χ4n) is 4.70. The van der Waals surface area contributed by atoms with Gasteiger partial charge in [0.1, 0.15) is 0 Å². The molecule has 3 N–H and O–H groups in total. The Morgan fingerprint density at radius 3 is 1.70 bits per heavy atom. The van der Waals surface area contributed by atoms with Crippen LogP contribution < -0.4 is 56.5 Å². The Kier molecular flexibility index (Phi) is 5.63. The Hall–Kier alpha value is -3.08. The molecule has 0 saturated carbocycles. The number of hydrogen-bond acceptors (Lipinski definition) is 5. The van der Waals surface area contributed by atoms with Crippen molar-refractivity contribution < 1.29 is 91.0 Å². The standard InChI is InChI=1S/C24H12O8.K/c25-21(26)13-8-7-11-10-5-1-3-9-4-2-6-12(14(9)10)16-15(11)17(13)19(23(29)30)20(24(31)32)18(16)22(27)28;/h1-8H,(H,25,26)(H,27,28)(H,29,30)(H,31,32);/q;+1/p-1. The van der Waals surface area contributed by atoms with Gasteiger partial charge >= 0.3 is 69.3 Å². The second-order valence-electron chi connectivity index (χ2n) is 7.32. The summed E-state index contributed by atoms with van der Waals surface area (Å²) in [5.74, 6) is -6.91. The molecule has 0 spiro atoms. The molecule has 5 aromatic carbocycles. The molecule has 0 bridgehead atoms. The maximum Gasteiger partial charge on any atom is 1.00 e. The SMILES string of the molecule is O=C(O)c1c(C(=O)O)c2c(C(=O)O)ccc3c4cccc5cccc(c(c1C(=O)[O-])c23)c54.[K+]. The Labute approximate surface area is 226 Å². The van der Waals surface area contributed by atoms with Crippen molar-refractivity contribution in [3.05, 3.63) is 70.8 Å². The predicted octanol–water partition coefficient (Wildman–Crippen LogP) is 0.199. The van der Waals surface area contributed by atoms with Gasteiger partial charge in [0.05, 0.1) is 22.7 Å². The fraction of sp³-hybridized carbons (Fsp3) is 0. The number of aromatic carboxylic acids is 4. The molecule has 0 heterocycles. The Morgan fingerprint density at radius 2 is 1.15 bits per heavy atom. The van der Waals surface area contributed by atoms with Gasteiger partial charge in [-0.2, -0.15) is 0 Å². The van der Waals surface area contributed by atoms with Gasteiger partial charge in [-0.1, -0.05) is 42.5 Å². The predicted molar refractivity (Wildman–Crippen MR) is 113 cm³/mol. The summed E-state index contributed by atoms with van der Waals surface area (Å²) in [5.41, 5.74) is -3.16. The molecule has 156 valence electrons. The zero-order valence-corrected chi connectivity index (χ0v) is 20.1. The zero-order chi connectivity index (χ0) is 22.9. The first kappa shape index (κ1) is 23.1. The minimum absolute atomic E-state index is 0. The molecule has 0 amide bonds. The van der Waals surface area contributed by atoms with E-state index in [4.69, 9.17) is 0 Å². The number of carbonyl (C=O) groups excluding carboxylic acids is 1. The van der Waals surface area contributed by atoms with Crippen LogP contribution in [-0.2, 0) is 0 Å². The van der Waals surface area contributed by atoms with E-state index in [0.29, 0.717) is 21.5 Å². The van der Waals surface area contributed by atoms with Crippen LogP contribution in [0.15, 0.2) is 48.5 Å². The number of rotatable bonds is 4. The normalized spacial score (nSPS) is 11.2. The topological polar surface area (TPSA) is 152 Å². The Morgan fingerprint density at radius 1 is 0.576 bits per heavy atom. The molecule has 8 nitrogen and oxygen atoms in total.